The van der Waals surface area contributed by atoms with E-state index in [0.29, 0.717) is 21.7 Å². The summed E-state index contributed by atoms with van der Waals surface area (Å²) >= 11 is 9.72. The number of ether oxygens (including phenoxy) is 3. The van der Waals surface area contributed by atoms with Crippen LogP contribution in [0.3, 0.4) is 0 Å². The van der Waals surface area contributed by atoms with E-state index in [1.54, 1.807) is 57.2 Å². The number of hydrogen-bond donors (Lipinski definition) is 0. The van der Waals surface area contributed by atoms with E-state index in [4.69, 9.17) is 30.2 Å². The van der Waals surface area contributed by atoms with Gasteiger partial charge in [0, 0.05) is 17.0 Å². The van der Waals surface area contributed by atoms with Gasteiger partial charge in [-0.05, 0) is 51.1 Å². The van der Waals surface area contributed by atoms with E-state index in [1.807, 2.05) is 0 Å². The molecule has 4 rings (SSSR count). The number of para-hydroxylation sites is 1. The average Bonchev–Trinajstić information content (AvgIpc) is 3.22. The molecule has 36 heavy (non-hydrogen) atoms. The summed E-state index contributed by atoms with van der Waals surface area (Å²) in [5.41, 5.74) is -0.186. The Hall–Kier alpha value is -3.04. The number of halogens is 2. The van der Waals surface area contributed by atoms with Crippen LogP contribution in [0, 0.1) is 0 Å². The van der Waals surface area contributed by atoms with Crippen molar-refractivity contribution in [3.63, 3.8) is 0 Å². The maximum atomic E-state index is 12.8. The first-order chi connectivity index (χ1) is 17.0. The summed E-state index contributed by atoms with van der Waals surface area (Å²) in [6.45, 7) is 5.35. The molecule has 0 saturated carbocycles. The van der Waals surface area contributed by atoms with Crippen LogP contribution in [-0.2, 0) is 14.3 Å². The molecule has 0 bridgehead atoms. The van der Waals surface area contributed by atoms with E-state index < -0.39 is 29.8 Å². The lowest BCUT2D eigenvalue weighted by Gasteiger charge is -2.27. The van der Waals surface area contributed by atoms with Gasteiger partial charge in [0.15, 0.2) is 11.0 Å². The fraction of sp³-hybridized carbons (Fsp3) is 0.346. The molecule has 8 nitrogen and oxygen atoms in total. The second-order valence-electron chi connectivity index (χ2n) is 9.38. The van der Waals surface area contributed by atoms with Gasteiger partial charge in [0.2, 0.25) is 0 Å². The van der Waals surface area contributed by atoms with Crippen molar-refractivity contribution in [3.8, 4) is 17.1 Å². The number of nitrogens with zero attached hydrogens (tertiary/aromatic N) is 1. The van der Waals surface area contributed by atoms with Gasteiger partial charge in [0.05, 0.1) is 29.6 Å². The molecule has 0 radical (unpaired) electrons. The van der Waals surface area contributed by atoms with E-state index in [2.05, 4.69) is 15.9 Å². The minimum absolute atomic E-state index is 0.105. The summed E-state index contributed by atoms with van der Waals surface area (Å²) in [5, 5.41) is 0.686. The van der Waals surface area contributed by atoms with Crippen LogP contribution in [-0.4, -0.2) is 48.4 Å². The Morgan fingerprint density at radius 3 is 2.61 bits per heavy atom. The molecular formula is C26H25BrClNO7. The van der Waals surface area contributed by atoms with Crippen LogP contribution in [0.25, 0.3) is 22.3 Å². The summed E-state index contributed by atoms with van der Waals surface area (Å²) < 4.78 is 23.4. The minimum Gasteiger partial charge on any atom is -0.488 e. The fourth-order valence-corrected chi connectivity index (χ4v) is 4.57. The highest BCUT2D eigenvalue weighted by molar-refractivity contribution is 9.10. The molecule has 1 aromatic heterocycles. The quantitative estimate of drug-likeness (QED) is 0.361. The molecular weight excluding hydrogens is 554 g/mol. The van der Waals surface area contributed by atoms with Gasteiger partial charge in [-0.2, -0.15) is 0 Å². The van der Waals surface area contributed by atoms with Gasteiger partial charge in [0.1, 0.15) is 29.3 Å². The van der Waals surface area contributed by atoms with Crippen molar-refractivity contribution in [1.82, 2.24) is 4.90 Å². The van der Waals surface area contributed by atoms with E-state index in [0.717, 1.165) is 4.47 Å². The number of methoxy groups -OCH3 is 1. The topological polar surface area (TPSA) is 95.3 Å². The predicted octanol–water partition coefficient (Wildman–Crippen LogP) is 5.81. The highest BCUT2D eigenvalue weighted by atomic mass is 79.9. The lowest BCUT2D eigenvalue weighted by molar-refractivity contribution is -0.145. The summed E-state index contributed by atoms with van der Waals surface area (Å²) in [6, 6.07) is 10.8. The van der Waals surface area contributed by atoms with Gasteiger partial charge in [-0.3, -0.25) is 9.69 Å². The molecule has 2 atom stereocenters. The Bertz CT molecular complexity index is 1380. The molecule has 1 aliphatic rings. The molecule has 0 N–H and O–H groups in total. The van der Waals surface area contributed by atoms with E-state index in [-0.39, 0.29) is 29.7 Å². The second kappa shape index (κ2) is 10.1. The van der Waals surface area contributed by atoms with Crippen LogP contribution in [0.4, 0.5) is 4.79 Å². The molecule has 1 aliphatic heterocycles. The van der Waals surface area contributed by atoms with Crippen LogP contribution < -0.4 is 10.2 Å². The first-order valence-electron chi connectivity index (χ1n) is 11.2. The number of benzene rings is 2. The molecule has 1 amide bonds. The first-order valence-corrected chi connectivity index (χ1v) is 12.4. The smallest absolute Gasteiger partial charge is 0.411 e. The summed E-state index contributed by atoms with van der Waals surface area (Å²) in [7, 11) is 1.27. The number of likely N-dealkylation sites (tertiary alicyclic amines) is 1. The summed E-state index contributed by atoms with van der Waals surface area (Å²) in [6.07, 6.45) is -0.982. The second-order valence-corrected chi connectivity index (χ2v) is 10.7. The van der Waals surface area contributed by atoms with Crippen LogP contribution in [0.2, 0.25) is 5.02 Å². The van der Waals surface area contributed by atoms with E-state index in [1.165, 1.54) is 18.1 Å². The predicted molar refractivity (Wildman–Crippen MR) is 138 cm³/mol. The molecule has 1 fully saturated rings. The van der Waals surface area contributed by atoms with Gasteiger partial charge in [-0.25, -0.2) is 9.59 Å². The maximum Gasteiger partial charge on any atom is 0.411 e. The van der Waals surface area contributed by atoms with Crippen molar-refractivity contribution in [1.29, 1.82) is 0 Å². The Kier molecular flexibility index (Phi) is 7.33. The van der Waals surface area contributed by atoms with Crippen LogP contribution in [0.15, 0.2) is 56.1 Å². The zero-order valence-corrected chi connectivity index (χ0v) is 22.5. The molecule has 190 valence electrons. The average molecular weight is 579 g/mol. The third kappa shape index (κ3) is 5.52. The van der Waals surface area contributed by atoms with Crippen molar-refractivity contribution >= 4 is 50.6 Å². The Balaban J connectivity index is 1.68. The highest BCUT2D eigenvalue weighted by Crippen LogP contribution is 2.36. The van der Waals surface area contributed by atoms with Crippen LogP contribution in [0.1, 0.15) is 27.2 Å². The van der Waals surface area contributed by atoms with Gasteiger partial charge in [-0.1, -0.05) is 33.6 Å². The molecule has 2 heterocycles. The van der Waals surface area contributed by atoms with Crippen molar-refractivity contribution < 1.29 is 28.2 Å². The van der Waals surface area contributed by atoms with Gasteiger partial charge in [-0.15, -0.1) is 0 Å². The standard InChI is InChI=1S/C26H25BrClNO7/c1-26(2,3)36-25(32)29-13-15(11-19(29)24(31)33-4)34-21-10-14(27)8-9-17(21)22-12-20(30)16-6-5-7-18(28)23(16)35-22/h5-10,12,15,19H,11,13H2,1-4H3/t15-,19-/m0/s1. The number of esters is 1. The zero-order chi connectivity index (χ0) is 26.2. The van der Waals surface area contributed by atoms with Gasteiger partial charge >= 0.3 is 12.1 Å². The van der Waals surface area contributed by atoms with Crippen molar-refractivity contribution in [2.75, 3.05) is 13.7 Å². The van der Waals surface area contributed by atoms with Crippen molar-refractivity contribution in [2.45, 2.75) is 44.9 Å². The number of carbonyl (C=O) groups is 2. The molecule has 10 heteroatoms. The molecule has 3 aromatic rings. The molecule has 0 spiro atoms. The SMILES string of the molecule is COC(=O)[C@@H]1C[C@H](Oc2cc(Br)ccc2-c2cc(=O)c3cccc(Cl)c3o2)CN1C(=O)OC(C)(C)C. The zero-order valence-electron chi connectivity index (χ0n) is 20.2. The number of carbonyl (C=O) groups excluding carboxylic acids is 2. The highest BCUT2D eigenvalue weighted by Gasteiger charge is 2.43. The molecule has 1 saturated heterocycles. The number of rotatable bonds is 4. The maximum absolute atomic E-state index is 12.8. The Morgan fingerprint density at radius 1 is 1.17 bits per heavy atom. The van der Waals surface area contributed by atoms with Crippen molar-refractivity contribution in [3.05, 3.63) is 62.2 Å². The van der Waals surface area contributed by atoms with Crippen molar-refractivity contribution in [2.24, 2.45) is 0 Å². The normalized spacial score (nSPS) is 17.8. The van der Waals surface area contributed by atoms with Crippen LogP contribution in [0.5, 0.6) is 5.75 Å². The van der Waals surface area contributed by atoms with Gasteiger partial charge in [0.25, 0.3) is 0 Å². The third-order valence-electron chi connectivity index (χ3n) is 5.57. The molecule has 2 aromatic carbocycles. The number of hydrogen-bond acceptors (Lipinski definition) is 7. The third-order valence-corrected chi connectivity index (χ3v) is 6.36. The Labute approximate surface area is 221 Å². The monoisotopic (exact) mass is 577 g/mol. The molecule has 0 unspecified atom stereocenters. The number of fused-ring (bicyclic) bond motifs is 1. The largest absolute Gasteiger partial charge is 0.488 e. The first kappa shape index (κ1) is 26.0. The van der Waals surface area contributed by atoms with Crippen LogP contribution >= 0.6 is 27.5 Å². The lowest BCUT2D eigenvalue weighted by atomic mass is 10.1. The van der Waals surface area contributed by atoms with E-state index >= 15 is 0 Å². The fourth-order valence-electron chi connectivity index (χ4n) is 4.02. The summed E-state index contributed by atoms with van der Waals surface area (Å²) in [5.74, 6) is 0.116. The van der Waals surface area contributed by atoms with Gasteiger partial charge < -0.3 is 18.6 Å². The lowest BCUT2D eigenvalue weighted by Crippen LogP contribution is -2.44. The summed E-state index contributed by atoms with van der Waals surface area (Å²) in [4.78, 5) is 39.3. The molecule has 0 aliphatic carbocycles. The Morgan fingerprint density at radius 2 is 1.92 bits per heavy atom. The minimum atomic E-state index is -0.858. The number of amides is 1. The van der Waals surface area contributed by atoms with E-state index in [9.17, 15) is 14.4 Å².